The number of non-ortho nitro benzene ring substituents is 1. The van der Waals surface area contributed by atoms with Gasteiger partial charge < -0.3 is 20.3 Å². The topological polar surface area (TPSA) is 156 Å². The molecule has 2 rings (SSSR count). The molecule has 146 valence electrons. The van der Waals surface area contributed by atoms with Gasteiger partial charge in [0.15, 0.2) is 0 Å². The molecule has 1 aromatic heterocycles. The van der Waals surface area contributed by atoms with Crippen LogP contribution in [0.25, 0.3) is 0 Å². The van der Waals surface area contributed by atoms with Crippen LogP contribution in [0.3, 0.4) is 0 Å². The average molecular weight is 397 g/mol. The van der Waals surface area contributed by atoms with Crippen LogP contribution in [0.4, 0.5) is 17.1 Å². The van der Waals surface area contributed by atoms with Crippen molar-refractivity contribution >= 4 is 33.0 Å². The standard InChI is InChI=1S/C15H19N5O6S/c1-16-15(22)14-8-11(9-19(14)2)27(25,26)18-13-7-10(20(23)24)3-4-12(13)17-5-6-21/h3-4,7-9,17-18,21H,5-6H2,1-2H3,(H,16,22). The largest absolute Gasteiger partial charge is 0.395 e. The van der Waals surface area contributed by atoms with Gasteiger partial charge in [0.05, 0.1) is 22.9 Å². The van der Waals surface area contributed by atoms with Crippen molar-refractivity contribution in [2.45, 2.75) is 4.90 Å². The minimum absolute atomic E-state index is 0.0528. The number of carbonyl (C=O) groups excluding carboxylic acids is 1. The maximum atomic E-state index is 12.7. The van der Waals surface area contributed by atoms with Crippen LogP contribution < -0.4 is 15.4 Å². The SMILES string of the molecule is CNC(=O)c1cc(S(=O)(=O)Nc2cc([N+](=O)[O-])ccc2NCCO)cn1C. The third-order valence-electron chi connectivity index (χ3n) is 3.64. The van der Waals surface area contributed by atoms with Crippen molar-refractivity contribution in [1.29, 1.82) is 0 Å². The molecule has 0 spiro atoms. The molecule has 0 fully saturated rings. The Bertz CT molecular complexity index is 969. The van der Waals surface area contributed by atoms with E-state index in [1.165, 1.54) is 43.1 Å². The number of hydrogen-bond donors (Lipinski definition) is 4. The van der Waals surface area contributed by atoms with E-state index < -0.39 is 20.9 Å². The number of rotatable bonds is 8. The van der Waals surface area contributed by atoms with E-state index in [9.17, 15) is 23.3 Å². The van der Waals surface area contributed by atoms with E-state index in [0.29, 0.717) is 0 Å². The number of aromatic nitrogens is 1. The first-order valence-electron chi connectivity index (χ1n) is 7.74. The molecule has 0 aliphatic carbocycles. The second kappa shape index (κ2) is 8.05. The van der Waals surface area contributed by atoms with E-state index in [1.54, 1.807) is 0 Å². The Morgan fingerprint density at radius 3 is 2.59 bits per heavy atom. The highest BCUT2D eigenvalue weighted by molar-refractivity contribution is 7.92. The minimum atomic E-state index is -4.12. The highest BCUT2D eigenvalue weighted by Crippen LogP contribution is 2.29. The molecule has 0 bridgehead atoms. The molecule has 0 aliphatic heterocycles. The Morgan fingerprint density at radius 2 is 2.00 bits per heavy atom. The first-order chi connectivity index (χ1) is 12.7. The van der Waals surface area contributed by atoms with Gasteiger partial charge in [0.2, 0.25) is 0 Å². The molecule has 1 heterocycles. The molecular weight excluding hydrogens is 378 g/mol. The number of nitrogens with zero attached hydrogens (tertiary/aromatic N) is 2. The zero-order valence-electron chi connectivity index (χ0n) is 14.6. The third kappa shape index (κ3) is 4.54. The van der Waals surface area contributed by atoms with Gasteiger partial charge in [-0.05, 0) is 12.1 Å². The smallest absolute Gasteiger partial charge is 0.271 e. The van der Waals surface area contributed by atoms with Crippen LogP contribution in [0.5, 0.6) is 0 Å². The predicted molar refractivity (Wildman–Crippen MR) is 98.3 cm³/mol. The molecule has 0 atom stereocenters. The minimum Gasteiger partial charge on any atom is -0.395 e. The fourth-order valence-electron chi connectivity index (χ4n) is 2.31. The van der Waals surface area contributed by atoms with Crippen LogP contribution in [-0.4, -0.2) is 49.1 Å². The molecule has 0 saturated heterocycles. The number of hydrogen-bond acceptors (Lipinski definition) is 7. The summed E-state index contributed by atoms with van der Waals surface area (Å²) in [6.45, 7) is -0.0873. The number of amides is 1. The van der Waals surface area contributed by atoms with Crippen molar-refractivity contribution in [2.75, 3.05) is 30.2 Å². The van der Waals surface area contributed by atoms with Gasteiger partial charge in [-0.1, -0.05) is 0 Å². The maximum absolute atomic E-state index is 12.7. The third-order valence-corrected chi connectivity index (χ3v) is 4.97. The first-order valence-corrected chi connectivity index (χ1v) is 9.22. The van der Waals surface area contributed by atoms with Crippen LogP contribution >= 0.6 is 0 Å². The molecule has 12 heteroatoms. The number of aliphatic hydroxyl groups excluding tert-OH is 1. The Labute approximate surface area is 155 Å². The quantitative estimate of drug-likeness (QED) is 0.373. The lowest BCUT2D eigenvalue weighted by molar-refractivity contribution is -0.384. The molecule has 11 nitrogen and oxygen atoms in total. The van der Waals surface area contributed by atoms with Gasteiger partial charge in [0.25, 0.3) is 21.6 Å². The number of carbonyl (C=O) groups is 1. The van der Waals surface area contributed by atoms with Crippen LogP contribution in [0.1, 0.15) is 10.5 Å². The van der Waals surface area contributed by atoms with Crippen LogP contribution in [-0.2, 0) is 17.1 Å². The van der Waals surface area contributed by atoms with E-state index in [1.807, 2.05) is 0 Å². The molecule has 0 radical (unpaired) electrons. The molecule has 0 unspecified atom stereocenters. The Kier molecular flexibility index (Phi) is 6.02. The maximum Gasteiger partial charge on any atom is 0.271 e. The summed E-state index contributed by atoms with van der Waals surface area (Å²) in [6.07, 6.45) is 1.26. The van der Waals surface area contributed by atoms with Gasteiger partial charge in [-0.3, -0.25) is 19.6 Å². The van der Waals surface area contributed by atoms with Gasteiger partial charge in [0.1, 0.15) is 10.6 Å². The normalized spacial score (nSPS) is 11.1. The van der Waals surface area contributed by atoms with E-state index >= 15 is 0 Å². The zero-order valence-corrected chi connectivity index (χ0v) is 15.4. The number of anilines is 2. The lowest BCUT2D eigenvalue weighted by Crippen LogP contribution is -2.20. The first kappa shape index (κ1) is 20.2. The summed E-state index contributed by atoms with van der Waals surface area (Å²) >= 11 is 0. The van der Waals surface area contributed by atoms with Gasteiger partial charge in [-0.25, -0.2) is 8.42 Å². The number of aryl methyl sites for hydroxylation is 1. The summed E-state index contributed by atoms with van der Waals surface area (Å²) in [7, 11) is -1.18. The predicted octanol–water partition coefficient (Wildman–Crippen LogP) is 0.498. The van der Waals surface area contributed by atoms with Gasteiger partial charge >= 0.3 is 0 Å². The molecule has 0 saturated carbocycles. The van der Waals surface area contributed by atoms with Crippen molar-refractivity contribution in [3.8, 4) is 0 Å². The highest BCUT2D eigenvalue weighted by Gasteiger charge is 2.22. The lowest BCUT2D eigenvalue weighted by Gasteiger charge is -2.13. The monoisotopic (exact) mass is 397 g/mol. The van der Waals surface area contributed by atoms with Gasteiger partial charge in [0, 0.05) is 39.0 Å². The highest BCUT2D eigenvalue weighted by atomic mass is 32.2. The Hall–Kier alpha value is -3.12. The fraction of sp³-hybridized carbons (Fsp3) is 0.267. The second-order valence-electron chi connectivity index (χ2n) is 5.49. The van der Waals surface area contributed by atoms with Crippen LogP contribution in [0.2, 0.25) is 0 Å². The van der Waals surface area contributed by atoms with Crippen molar-refractivity contribution in [2.24, 2.45) is 7.05 Å². The molecular formula is C15H19N5O6S. The molecule has 4 N–H and O–H groups in total. The van der Waals surface area contributed by atoms with E-state index in [4.69, 9.17) is 5.11 Å². The summed E-state index contributed by atoms with van der Waals surface area (Å²) < 4.78 is 29.0. The summed E-state index contributed by atoms with van der Waals surface area (Å²) in [5.41, 5.74) is 0.0422. The van der Waals surface area contributed by atoms with Crippen LogP contribution in [0, 0.1) is 10.1 Å². The number of benzene rings is 1. The van der Waals surface area contributed by atoms with Crippen molar-refractivity contribution < 1.29 is 23.2 Å². The number of aliphatic hydroxyl groups is 1. The van der Waals surface area contributed by atoms with Crippen molar-refractivity contribution in [3.63, 3.8) is 0 Å². The lowest BCUT2D eigenvalue weighted by atomic mass is 10.2. The molecule has 1 aromatic carbocycles. The molecule has 1 amide bonds. The van der Waals surface area contributed by atoms with Crippen molar-refractivity contribution in [3.05, 3.63) is 46.3 Å². The van der Waals surface area contributed by atoms with Gasteiger partial charge in [-0.2, -0.15) is 0 Å². The number of sulfonamides is 1. The summed E-state index contributed by atoms with van der Waals surface area (Å²) in [5, 5.41) is 25.1. The molecule has 0 aliphatic rings. The Balaban J connectivity index is 2.43. The van der Waals surface area contributed by atoms with Crippen molar-refractivity contribution in [1.82, 2.24) is 9.88 Å². The fourth-order valence-corrected chi connectivity index (χ4v) is 3.45. The van der Waals surface area contributed by atoms with E-state index in [-0.39, 0.29) is 40.8 Å². The van der Waals surface area contributed by atoms with Crippen LogP contribution in [0.15, 0.2) is 35.4 Å². The summed E-state index contributed by atoms with van der Waals surface area (Å²) in [6, 6.07) is 4.81. The average Bonchev–Trinajstić information content (AvgIpc) is 3.02. The van der Waals surface area contributed by atoms with E-state index in [0.717, 1.165) is 6.07 Å². The zero-order chi connectivity index (χ0) is 20.2. The summed E-state index contributed by atoms with van der Waals surface area (Å²) in [5.74, 6) is -0.459. The van der Waals surface area contributed by atoms with E-state index in [2.05, 4.69) is 15.4 Å². The molecule has 2 aromatic rings. The Morgan fingerprint density at radius 1 is 1.30 bits per heavy atom. The number of nitro benzene ring substituents is 1. The summed E-state index contributed by atoms with van der Waals surface area (Å²) in [4.78, 5) is 21.9. The second-order valence-corrected chi connectivity index (χ2v) is 7.18. The molecule has 27 heavy (non-hydrogen) atoms. The van der Waals surface area contributed by atoms with Gasteiger partial charge in [-0.15, -0.1) is 0 Å². The number of nitro groups is 1. The number of nitrogens with one attached hydrogen (secondary N) is 3.